The van der Waals surface area contributed by atoms with Crippen molar-refractivity contribution in [3.8, 4) is 0 Å². The number of hydrogen-bond acceptors (Lipinski definition) is 7. The second-order valence-electron chi connectivity index (χ2n) is 7.22. The van der Waals surface area contributed by atoms with Crippen LogP contribution in [0.15, 0.2) is 0 Å². The molecule has 3 aliphatic heterocycles. The Morgan fingerprint density at radius 1 is 1.33 bits per heavy atom. The van der Waals surface area contributed by atoms with E-state index in [9.17, 15) is 9.59 Å². The Balaban J connectivity index is 1.90. The van der Waals surface area contributed by atoms with Crippen LogP contribution in [0.5, 0.6) is 0 Å². The zero-order valence-electron chi connectivity index (χ0n) is 15.8. The first-order valence-corrected chi connectivity index (χ1v) is 9.29. The molecule has 0 aliphatic carbocycles. The fraction of sp³-hybridized carbons (Fsp3) is 0.667. The topological polar surface area (TPSA) is 122 Å². The van der Waals surface area contributed by atoms with Crippen molar-refractivity contribution in [2.24, 2.45) is 5.92 Å². The summed E-state index contributed by atoms with van der Waals surface area (Å²) in [6.45, 7) is 4.14. The first kappa shape index (κ1) is 19.3. The number of nitrogens with zero attached hydrogens (tertiary/aromatic N) is 4. The summed E-state index contributed by atoms with van der Waals surface area (Å²) in [6.07, 6.45) is 2.14. The van der Waals surface area contributed by atoms with Crippen molar-refractivity contribution in [1.82, 2.24) is 14.9 Å². The monoisotopic (exact) mass is 377 g/mol. The quantitative estimate of drug-likeness (QED) is 0.703. The van der Waals surface area contributed by atoms with Crippen LogP contribution in [-0.2, 0) is 20.7 Å². The molecule has 148 valence electrons. The van der Waals surface area contributed by atoms with Gasteiger partial charge >= 0.3 is 5.97 Å². The molecule has 3 fully saturated rings. The van der Waals surface area contributed by atoms with Gasteiger partial charge in [-0.1, -0.05) is 0 Å². The van der Waals surface area contributed by atoms with Crippen LogP contribution in [0.1, 0.15) is 30.5 Å². The number of aliphatic carboxylic acids is 1. The lowest BCUT2D eigenvalue weighted by Gasteiger charge is -2.35. The molecule has 27 heavy (non-hydrogen) atoms. The van der Waals surface area contributed by atoms with E-state index in [-0.39, 0.29) is 30.2 Å². The Morgan fingerprint density at radius 2 is 2.11 bits per heavy atom. The zero-order chi connectivity index (χ0) is 19.6. The maximum Gasteiger partial charge on any atom is 0.303 e. The largest absolute Gasteiger partial charge is 0.481 e. The molecular formula is C18H27N5O4. The summed E-state index contributed by atoms with van der Waals surface area (Å²) in [5.74, 6) is 0.0374. The van der Waals surface area contributed by atoms with Gasteiger partial charge in [-0.05, 0) is 26.2 Å². The van der Waals surface area contributed by atoms with E-state index in [2.05, 4.69) is 14.9 Å². The van der Waals surface area contributed by atoms with E-state index in [0.29, 0.717) is 44.2 Å². The summed E-state index contributed by atoms with van der Waals surface area (Å²) in [6, 6.07) is 0.0928. The first-order valence-electron chi connectivity index (χ1n) is 9.29. The Morgan fingerprint density at radius 3 is 2.81 bits per heavy atom. The molecule has 0 saturated carbocycles. The van der Waals surface area contributed by atoms with Gasteiger partial charge in [-0.25, -0.2) is 4.98 Å². The normalized spacial score (nSPS) is 22.2. The van der Waals surface area contributed by atoms with E-state index < -0.39 is 5.97 Å². The highest BCUT2D eigenvalue weighted by molar-refractivity contribution is 5.81. The first-order chi connectivity index (χ1) is 12.9. The highest BCUT2D eigenvalue weighted by Crippen LogP contribution is 2.33. The van der Waals surface area contributed by atoms with Crippen molar-refractivity contribution >= 4 is 23.6 Å². The highest BCUT2D eigenvalue weighted by Gasteiger charge is 2.41. The number of aryl methyl sites for hydroxylation is 1. The molecule has 0 aromatic carbocycles. The fourth-order valence-corrected chi connectivity index (χ4v) is 4.09. The predicted molar refractivity (Wildman–Crippen MR) is 99.5 cm³/mol. The molecule has 1 amide bonds. The maximum atomic E-state index is 12.8. The summed E-state index contributed by atoms with van der Waals surface area (Å²) in [7, 11) is 1.63. The number of rotatable bonds is 7. The van der Waals surface area contributed by atoms with E-state index in [0.717, 1.165) is 18.4 Å². The smallest absolute Gasteiger partial charge is 0.303 e. The van der Waals surface area contributed by atoms with Crippen LogP contribution in [0, 0.1) is 12.8 Å². The van der Waals surface area contributed by atoms with Crippen molar-refractivity contribution in [1.29, 1.82) is 0 Å². The summed E-state index contributed by atoms with van der Waals surface area (Å²) in [5, 5.41) is 9.07. The number of carboxylic acids is 1. The third-order valence-electron chi connectivity index (χ3n) is 5.43. The summed E-state index contributed by atoms with van der Waals surface area (Å²) >= 11 is 0. The summed E-state index contributed by atoms with van der Waals surface area (Å²) in [5.41, 5.74) is 7.36. The third kappa shape index (κ3) is 4.13. The number of carbonyl (C=O) groups excluding carboxylic acids is 1. The average molecular weight is 377 g/mol. The Bertz CT molecular complexity index is 726. The molecule has 2 atom stereocenters. The minimum atomic E-state index is -0.867. The van der Waals surface area contributed by atoms with Crippen LogP contribution in [0.25, 0.3) is 0 Å². The molecular weight excluding hydrogens is 350 g/mol. The van der Waals surface area contributed by atoms with E-state index in [1.165, 1.54) is 0 Å². The van der Waals surface area contributed by atoms with Crippen molar-refractivity contribution in [3.63, 3.8) is 0 Å². The van der Waals surface area contributed by atoms with Crippen molar-refractivity contribution in [2.45, 2.75) is 38.6 Å². The van der Waals surface area contributed by atoms with E-state index in [4.69, 9.17) is 15.6 Å². The van der Waals surface area contributed by atoms with Gasteiger partial charge in [0.1, 0.15) is 5.82 Å². The number of amides is 1. The van der Waals surface area contributed by atoms with E-state index in [1.807, 2.05) is 11.8 Å². The van der Waals surface area contributed by atoms with Crippen molar-refractivity contribution in [2.75, 3.05) is 44.0 Å². The van der Waals surface area contributed by atoms with Gasteiger partial charge in [0.05, 0.1) is 12.5 Å². The van der Waals surface area contributed by atoms with Gasteiger partial charge in [0.25, 0.3) is 0 Å². The van der Waals surface area contributed by atoms with Gasteiger partial charge in [0.15, 0.2) is 0 Å². The Kier molecular flexibility index (Phi) is 5.79. The minimum Gasteiger partial charge on any atom is -0.481 e. The molecule has 0 spiro atoms. The number of piperidine rings is 1. The molecule has 1 aromatic rings. The van der Waals surface area contributed by atoms with Gasteiger partial charge in [0.2, 0.25) is 11.9 Å². The standard InChI is InChI=1S/C18H27N5O4/c1-11-14(5-6-15(24)25)16(21-18(19)20-11)22-9-12-3-4-13(10-22)23(17(12)26)7-8-27-2/h12-13H,3-10H2,1-2H3,(H,24,25)(H2,19,20,21)/t12-,13+/m0/s1. The van der Waals surface area contributed by atoms with Gasteiger partial charge in [0, 0.05) is 50.5 Å². The lowest BCUT2D eigenvalue weighted by molar-refractivity contribution is -0.140. The SMILES string of the molecule is COCCN1C(=O)[C@H]2CC[C@@H]1CN(c1nc(N)nc(C)c1CCC(=O)O)C2. The molecule has 9 nitrogen and oxygen atoms in total. The van der Waals surface area contributed by atoms with Gasteiger partial charge < -0.3 is 25.4 Å². The number of anilines is 2. The van der Waals surface area contributed by atoms with Gasteiger partial charge in [-0.2, -0.15) is 4.98 Å². The number of nitrogens with two attached hydrogens (primary N) is 1. The number of methoxy groups -OCH3 is 1. The molecule has 0 radical (unpaired) electrons. The summed E-state index contributed by atoms with van der Waals surface area (Å²) < 4.78 is 5.16. The molecule has 1 aromatic heterocycles. The molecule has 3 saturated heterocycles. The Labute approximate surface area is 158 Å². The van der Waals surface area contributed by atoms with Gasteiger partial charge in [-0.15, -0.1) is 0 Å². The summed E-state index contributed by atoms with van der Waals surface area (Å²) in [4.78, 5) is 36.5. The number of aromatic nitrogens is 2. The van der Waals surface area contributed by atoms with Crippen LogP contribution in [-0.4, -0.2) is 71.2 Å². The van der Waals surface area contributed by atoms with E-state index in [1.54, 1.807) is 7.11 Å². The molecule has 2 bridgehead atoms. The molecule has 0 unspecified atom stereocenters. The van der Waals surface area contributed by atoms with Crippen LogP contribution >= 0.6 is 0 Å². The van der Waals surface area contributed by atoms with Crippen LogP contribution in [0.4, 0.5) is 11.8 Å². The number of ether oxygens (including phenoxy) is 1. The lowest BCUT2D eigenvalue weighted by Crippen LogP contribution is -2.49. The van der Waals surface area contributed by atoms with Crippen LogP contribution in [0.2, 0.25) is 0 Å². The van der Waals surface area contributed by atoms with Gasteiger partial charge in [-0.3, -0.25) is 9.59 Å². The number of carboxylic acid groups (broad SMARTS) is 1. The molecule has 9 heteroatoms. The fourth-order valence-electron chi connectivity index (χ4n) is 4.09. The molecule has 4 heterocycles. The predicted octanol–water partition coefficient (Wildman–Crippen LogP) is 0.458. The third-order valence-corrected chi connectivity index (χ3v) is 5.43. The maximum absolute atomic E-state index is 12.8. The average Bonchev–Trinajstić information content (AvgIpc) is 2.89. The zero-order valence-corrected chi connectivity index (χ0v) is 15.8. The number of fused-ring (bicyclic) bond motifs is 4. The van der Waals surface area contributed by atoms with Crippen LogP contribution < -0.4 is 10.6 Å². The van der Waals surface area contributed by atoms with Crippen molar-refractivity contribution in [3.05, 3.63) is 11.3 Å². The number of nitrogen functional groups attached to an aromatic ring is 1. The second kappa shape index (κ2) is 8.08. The number of carbonyl (C=O) groups is 2. The minimum absolute atomic E-state index is 0.000704. The number of hydrogen-bond donors (Lipinski definition) is 2. The molecule has 4 rings (SSSR count). The molecule has 3 aliphatic rings. The highest BCUT2D eigenvalue weighted by atomic mass is 16.5. The second-order valence-corrected chi connectivity index (χ2v) is 7.22. The van der Waals surface area contributed by atoms with Crippen LogP contribution in [0.3, 0.4) is 0 Å². The Hall–Kier alpha value is -2.42. The van der Waals surface area contributed by atoms with Crippen molar-refractivity contribution < 1.29 is 19.4 Å². The lowest BCUT2D eigenvalue weighted by atomic mass is 9.94. The van der Waals surface area contributed by atoms with E-state index >= 15 is 0 Å². The molecule has 3 N–H and O–H groups in total.